The molecule has 0 atom stereocenters. The predicted molar refractivity (Wildman–Crippen MR) is 90.1 cm³/mol. The lowest BCUT2D eigenvalue weighted by atomic mass is 9.99. The van der Waals surface area contributed by atoms with Crippen LogP contribution in [-0.2, 0) is 6.54 Å². The van der Waals surface area contributed by atoms with Crippen LogP contribution >= 0.6 is 11.3 Å². The Morgan fingerprint density at radius 3 is 2.87 bits per heavy atom. The summed E-state index contributed by atoms with van der Waals surface area (Å²) in [6.07, 6.45) is 2.45. The fourth-order valence-electron chi connectivity index (χ4n) is 2.70. The molecule has 23 heavy (non-hydrogen) atoms. The topological polar surface area (TPSA) is 45.2 Å². The molecule has 0 unspecified atom stereocenters. The molecule has 1 aliphatic heterocycles. The number of halogens is 1. The molecular formula is C17H20FN3OS. The molecule has 0 bridgehead atoms. The van der Waals surface area contributed by atoms with Gasteiger partial charge in [0.25, 0.3) is 5.91 Å². The van der Waals surface area contributed by atoms with Gasteiger partial charge in [-0.25, -0.2) is 9.37 Å². The van der Waals surface area contributed by atoms with E-state index in [4.69, 9.17) is 0 Å². The molecule has 122 valence electrons. The molecular weight excluding hydrogens is 313 g/mol. The van der Waals surface area contributed by atoms with Crippen LogP contribution in [0.1, 0.15) is 35.8 Å². The highest BCUT2D eigenvalue weighted by molar-refractivity contribution is 7.13. The van der Waals surface area contributed by atoms with Crippen LogP contribution in [0.4, 0.5) is 9.52 Å². The molecule has 0 radical (unpaired) electrons. The number of hydrogen-bond donors (Lipinski definition) is 1. The maximum atomic E-state index is 13.6. The normalized spacial score (nSPS) is 16.4. The number of carbonyl (C=O) groups excluding carboxylic acids is 1. The Morgan fingerprint density at radius 2 is 2.13 bits per heavy atom. The summed E-state index contributed by atoms with van der Waals surface area (Å²) in [5.41, 5.74) is 0.989. The van der Waals surface area contributed by atoms with Crippen molar-refractivity contribution < 1.29 is 9.18 Å². The van der Waals surface area contributed by atoms with Crippen molar-refractivity contribution in [2.45, 2.75) is 26.3 Å². The minimum atomic E-state index is -0.524. The summed E-state index contributed by atoms with van der Waals surface area (Å²) < 4.78 is 13.6. The second-order valence-corrected chi connectivity index (χ2v) is 6.89. The van der Waals surface area contributed by atoms with Crippen molar-refractivity contribution in [2.75, 3.05) is 18.4 Å². The van der Waals surface area contributed by atoms with Gasteiger partial charge in [-0.3, -0.25) is 15.0 Å². The van der Waals surface area contributed by atoms with Crippen LogP contribution in [0.3, 0.4) is 0 Å². The summed E-state index contributed by atoms with van der Waals surface area (Å²) in [7, 11) is 0. The predicted octanol–water partition coefficient (Wildman–Crippen LogP) is 3.77. The number of carbonyl (C=O) groups is 1. The molecule has 1 fully saturated rings. The lowest BCUT2D eigenvalue weighted by molar-refractivity contribution is 0.102. The van der Waals surface area contributed by atoms with Crippen molar-refractivity contribution in [3.63, 3.8) is 0 Å². The van der Waals surface area contributed by atoms with Gasteiger partial charge in [-0.2, -0.15) is 0 Å². The van der Waals surface area contributed by atoms with Gasteiger partial charge in [0.2, 0.25) is 0 Å². The third kappa shape index (κ3) is 4.14. The van der Waals surface area contributed by atoms with E-state index in [1.165, 1.54) is 36.3 Å². The molecule has 2 heterocycles. The number of nitrogens with zero attached hydrogens (tertiary/aromatic N) is 2. The largest absolute Gasteiger partial charge is 0.298 e. The monoisotopic (exact) mass is 333 g/mol. The molecule has 1 aromatic heterocycles. The first-order valence-electron chi connectivity index (χ1n) is 7.84. The number of nitrogens with one attached hydrogen (secondary N) is 1. The summed E-state index contributed by atoms with van der Waals surface area (Å²) in [6, 6.07) is 5.95. The van der Waals surface area contributed by atoms with E-state index in [-0.39, 0.29) is 5.56 Å². The first kappa shape index (κ1) is 16.1. The quantitative estimate of drug-likeness (QED) is 0.926. The number of piperidine rings is 1. The molecule has 6 heteroatoms. The Bertz CT molecular complexity index is 680. The van der Waals surface area contributed by atoms with Gasteiger partial charge in [0, 0.05) is 11.9 Å². The van der Waals surface area contributed by atoms with Crippen molar-refractivity contribution >= 4 is 22.4 Å². The Kier molecular flexibility index (Phi) is 5.03. The Hall–Kier alpha value is -1.79. The number of benzene rings is 1. The maximum Gasteiger partial charge on any atom is 0.260 e. The minimum Gasteiger partial charge on any atom is -0.298 e. The molecule has 1 amide bonds. The standard InChI is InChI=1S/C17H20FN3OS/c1-12-6-8-21(9-7-12)10-13-11-23-17(19-13)20-16(22)14-4-2-3-5-15(14)18/h2-5,11-12H,6-10H2,1H3,(H,19,20,22). The highest BCUT2D eigenvalue weighted by atomic mass is 32.1. The van der Waals surface area contributed by atoms with E-state index in [0.717, 1.165) is 31.2 Å². The van der Waals surface area contributed by atoms with E-state index < -0.39 is 11.7 Å². The van der Waals surface area contributed by atoms with E-state index in [1.807, 2.05) is 5.38 Å². The average molecular weight is 333 g/mol. The lowest BCUT2D eigenvalue weighted by Crippen LogP contribution is -2.32. The molecule has 3 rings (SSSR count). The van der Waals surface area contributed by atoms with E-state index in [1.54, 1.807) is 12.1 Å². The van der Waals surface area contributed by atoms with Crippen LogP contribution in [0, 0.1) is 11.7 Å². The first-order valence-corrected chi connectivity index (χ1v) is 8.72. The number of likely N-dealkylation sites (tertiary alicyclic amines) is 1. The first-order chi connectivity index (χ1) is 11.1. The van der Waals surface area contributed by atoms with Crippen molar-refractivity contribution in [2.24, 2.45) is 5.92 Å². The summed E-state index contributed by atoms with van der Waals surface area (Å²) >= 11 is 1.38. The number of rotatable bonds is 4. The van der Waals surface area contributed by atoms with Crippen LogP contribution in [0.15, 0.2) is 29.6 Å². The van der Waals surface area contributed by atoms with Crippen molar-refractivity contribution in [1.82, 2.24) is 9.88 Å². The smallest absolute Gasteiger partial charge is 0.260 e. The minimum absolute atomic E-state index is 0.0364. The van der Waals surface area contributed by atoms with Crippen LogP contribution in [0.2, 0.25) is 0 Å². The van der Waals surface area contributed by atoms with Gasteiger partial charge in [0.05, 0.1) is 11.3 Å². The van der Waals surface area contributed by atoms with Gasteiger partial charge >= 0.3 is 0 Å². The van der Waals surface area contributed by atoms with Gasteiger partial charge in [-0.15, -0.1) is 11.3 Å². The second-order valence-electron chi connectivity index (χ2n) is 6.04. The Morgan fingerprint density at radius 1 is 1.39 bits per heavy atom. The molecule has 4 nitrogen and oxygen atoms in total. The zero-order valence-corrected chi connectivity index (χ0v) is 13.9. The molecule has 0 saturated carbocycles. The van der Waals surface area contributed by atoms with Crippen molar-refractivity contribution in [3.05, 3.63) is 46.7 Å². The average Bonchev–Trinajstić information content (AvgIpc) is 2.97. The van der Waals surface area contributed by atoms with Crippen molar-refractivity contribution in [1.29, 1.82) is 0 Å². The van der Waals surface area contributed by atoms with Crippen LogP contribution in [0.5, 0.6) is 0 Å². The second kappa shape index (κ2) is 7.19. The third-order valence-corrected chi connectivity index (χ3v) is 4.96. The number of anilines is 1. The molecule has 0 spiro atoms. The zero-order valence-electron chi connectivity index (χ0n) is 13.1. The van der Waals surface area contributed by atoms with E-state index in [2.05, 4.69) is 22.1 Å². The highest BCUT2D eigenvalue weighted by Gasteiger charge is 2.17. The summed E-state index contributed by atoms with van der Waals surface area (Å²) in [5.74, 6) is -0.183. The highest BCUT2D eigenvalue weighted by Crippen LogP contribution is 2.21. The number of hydrogen-bond acceptors (Lipinski definition) is 4. The number of aromatic nitrogens is 1. The summed E-state index contributed by atoms with van der Waals surface area (Å²) in [5, 5.41) is 5.14. The van der Waals surface area contributed by atoms with E-state index in [9.17, 15) is 9.18 Å². The molecule has 1 aliphatic rings. The summed E-state index contributed by atoms with van der Waals surface area (Å²) in [6.45, 7) is 5.28. The number of thiazole rings is 1. The Labute approximate surface area is 139 Å². The van der Waals surface area contributed by atoms with Gasteiger partial charge in [0.1, 0.15) is 5.82 Å². The molecule has 0 aliphatic carbocycles. The SMILES string of the molecule is CC1CCN(Cc2csc(NC(=O)c3ccccc3F)n2)CC1. The molecule has 2 aromatic rings. The molecule has 1 saturated heterocycles. The fraction of sp³-hybridized carbons (Fsp3) is 0.412. The van der Waals surface area contributed by atoms with Gasteiger partial charge in [-0.05, 0) is 44.0 Å². The number of amides is 1. The van der Waals surface area contributed by atoms with E-state index in [0.29, 0.717) is 5.13 Å². The zero-order chi connectivity index (χ0) is 16.2. The maximum absolute atomic E-state index is 13.6. The Balaban J connectivity index is 1.59. The summed E-state index contributed by atoms with van der Waals surface area (Å²) in [4.78, 5) is 18.9. The van der Waals surface area contributed by atoms with Gasteiger partial charge in [0.15, 0.2) is 5.13 Å². The fourth-order valence-corrected chi connectivity index (χ4v) is 3.39. The van der Waals surface area contributed by atoms with E-state index >= 15 is 0 Å². The van der Waals surface area contributed by atoms with Crippen LogP contribution in [-0.4, -0.2) is 28.9 Å². The third-order valence-electron chi connectivity index (χ3n) is 4.15. The van der Waals surface area contributed by atoms with Gasteiger partial charge in [-0.1, -0.05) is 19.1 Å². The van der Waals surface area contributed by atoms with Crippen molar-refractivity contribution in [3.8, 4) is 0 Å². The van der Waals surface area contributed by atoms with Gasteiger partial charge < -0.3 is 0 Å². The van der Waals surface area contributed by atoms with Crippen LogP contribution < -0.4 is 5.32 Å². The molecule has 1 N–H and O–H groups in total. The molecule has 1 aromatic carbocycles. The lowest BCUT2D eigenvalue weighted by Gasteiger charge is -2.29. The van der Waals surface area contributed by atoms with Crippen LogP contribution in [0.25, 0.3) is 0 Å².